The van der Waals surface area contributed by atoms with Crippen LogP contribution in [0.3, 0.4) is 0 Å². The van der Waals surface area contributed by atoms with Gasteiger partial charge in [0, 0.05) is 24.0 Å². The topological polar surface area (TPSA) is 74.0 Å². The number of aromatic nitrogens is 3. The predicted octanol–water partition coefficient (Wildman–Crippen LogP) is 1.52. The van der Waals surface area contributed by atoms with Crippen LogP contribution in [-0.2, 0) is 0 Å². The summed E-state index contributed by atoms with van der Waals surface area (Å²) in [6, 6.07) is 7.76. The third kappa shape index (κ3) is 2.23. The highest BCUT2D eigenvalue weighted by Gasteiger charge is 2.15. The van der Waals surface area contributed by atoms with Crippen LogP contribution in [0, 0.1) is 0 Å². The Kier molecular flexibility index (Phi) is 3.12. The summed E-state index contributed by atoms with van der Waals surface area (Å²) < 4.78 is 5.14. The normalized spacial score (nSPS) is 14.2. The zero-order chi connectivity index (χ0) is 13.9. The summed E-state index contributed by atoms with van der Waals surface area (Å²) in [4.78, 5) is 13.6. The van der Waals surface area contributed by atoms with Crippen LogP contribution in [0.25, 0.3) is 5.57 Å². The molecule has 0 spiro atoms. The van der Waals surface area contributed by atoms with Crippen LogP contribution in [0.2, 0.25) is 0 Å². The molecule has 2 N–H and O–H groups in total. The molecule has 0 amide bonds. The van der Waals surface area contributed by atoms with E-state index in [1.165, 1.54) is 0 Å². The molecule has 0 bridgehead atoms. The van der Waals surface area contributed by atoms with Gasteiger partial charge in [-0.1, -0.05) is 6.08 Å². The quantitative estimate of drug-likeness (QED) is 0.887. The summed E-state index contributed by atoms with van der Waals surface area (Å²) >= 11 is 0. The first-order valence-electron chi connectivity index (χ1n) is 6.19. The number of benzene rings is 1. The van der Waals surface area contributed by atoms with Crippen molar-refractivity contribution in [3.63, 3.8) is 0 Å². The number of rotatable bonds is 3. The van der Waals surface area contributed by atoms with Gasteiger partial charge in [-0.15, -0.1) is 0 Å². The first-order valence-corrected chi connectivity index (χ1v) is 6.19. The van der Waals surface area contributed by atoms with E-state index in [0.29, 0.717) is 12.2 Å². The van der Waals surface area contributed by atoms with E-state index < -0.39 is 0 Å². The molecule has 2 aromatic rings. The van der Waals surface area contributed by atoms with Crippen LogP contribution in [0.4, 0.5) is 5.69 Å². The molecule has 0 saturated heterocycles. The van der Waals surface area contributed by atoms with Gasteiger partial charge in [-0.25, -0.2) is 10.3 Å². The molecule has 0 fully saturated rings. The van der Waals surface area contributed by atoms with Gasteiger partial charge in [0.15, 0.2) is 5.69 Å². The predicted molar refractivity (Wildman–Crippen MR) is 76.7 cm³/mol. The second-order valence-electron chi connectivity index (χ2n) is 4.39. The van der Waals surface area contributed by atoms with Gasteiger partial charge in [-0.3, -0.25) is 4.79 Å². The fourth-order valence-corrected chi connectivity index (χ4v) is 2.12. The Morgan fingerprint density at radius 2 is 2.10 bits per heavy atom. The zero-order valence-electron chi connectivity index (χ0n) is 11.0. The van der Waals surface area contributed by atoms with Gasteiger partial charge in [-0.05, 0) is 30.3 Å². The monoisotopic (exact) mass is 270 g/mol. The van der Waals surface area contributed by atoms with Crippen LogP contribution < -0.4 is 15.2 Å². The molecule has 0 aliphatic carbocycles. The molecule has 102 valence electrons. The van der Waals surface area contributed by atoms with Crippen molar-refractivity contribution in [3.05, 3.63) is 58.7 Å². The molecular weight excluding hydrogens is 256 g/mol. The molecule has 0 saturated carbocycles. The number of nitrogens with one attached hydrogen (secondary N) is 2. The molecule has 0 radical (unpaired) electrons. The fourth-order valence-electron chi connectivity index (χ4n) is 2.12. The Morgan fingerprint density at radius 3 is 2.75 bits per heavy atom. The number of hydrogen-bond donors (Lipinski definition) is 2. The minimum absolute atomic E-state index is 0.207. The lowest BCUT2D eigenvalue weighted by Gasteiger charge is -2.24. The highest BCUT2D eigenvalue weighted by molar-refractivity contribution is 5.71. The van der Waals surface area contributed by atoms with E-state index in [2.05, 4.69) is 15.4 Å². The highest BCUT2D eigenvalue weighted by Crippen LogP contribution is 2.24. The van der Waals surface area contributed by atoms with Gasteiger partial charge < -0.3 is 9.64 Å². The van der Waals surface area contributed by atoms with Gasteiger partial charge in [0.1, 0.15) is 5.75 Å². The summed E-state index contributed by atoms with van der Waals surface area (Å²) in [5.41, 5.74) is 2.11. The van der Waals surface area contributed by atoms with Gasteiger partial charge in [-0.2, -0.15) is 5.10 Å². The SMILES string of the molecule is COc1ccc(N2C=CC=C(c3n[nH][nH]c3=O)C2)cc1. The second-order valence-corrected chi connectivity index (χ2v) is 4.39. The Labute approximate surface area is 115 Å². The number of ether oxygens (including phenoxy) is 1. The van der Waals surface area contributed by atoms with Gasteiger partial charge >= 0.3 is 0 Å². The molecular formula is C14H14N4O2. The number of aromatic amines is 2. The fraction of sp³-hybridized carbons (Fsp3) is 0.143. The first kappa shape index (κ1) is 12.3. The summed E-state index contributed by atoms with van der Waals surface area (Å²) in [6.45, 7) is 0.594. The molecule has 2 heterocycles. The largest absolute Gasteiger partial charge is 0.497 e. The minimum atomic E-state index is -0.207. The summed E-state index contributed by atoms with van der Waals surface area (Å²) in [5.74, 6) is 0.814. The molecule has 1 aliphatic heterocycles. The van der Waals surface area contributed by atoms with Crippen LogP contribution in [0.15, 0.2) is 47.4 Å². The van der Waals surface area contributed by atoms with Crippen LogP contribution in [-0.4, -0.2) is 29.1 Å². The number of methoxy groups -OCH3 is 1. The van der Waals surface area contributed by atoms with E-state index in [-0.39, 0.29) is 5.56 Å². The summed E-state index contributed by atoms with van der Waals surface area (Å²) in [6.07, 6.45) is 5.76. The van der Waals surface area contributed by atoms with Crippen molar-refractivity contribution in [2.45, 2.75) is 0 Å². The Balaban J connectivity index is 1.84. The standard InChI is InChI=1S/C14H14N4O2/c1-20-12-6-4-11(5-7-12)18-8-2-3-10(9-18)13-14(19)16-17-15-13/h2-8H,9H2,1H3,(H2,15,16,17,19). The molecule has 6 heteroatoms. The number of anilines is 1. The van der Waals surface area contributed by atoms with Gasteiger partial charge in [0.2, 0.25) is 0 Å². The third-order valence-corrected chi connectivity index (χ3v) is 3.16. The zero-order valence-corrected chi connectivity index (χ0v) is 11.0. The van der Waals surface area contributed by atoms with Crippen molar-refractivity contribution in [2.75, 3.05) is 18.6 Å². The summed E-state index contributed by atoms with van der Waals surface area (Å²) in [7, 11) is 1.64. The van der Waals surface area contributed by atoms with E-state index >= 15 is 0 Å². The number of H-pyrrole nitrogens is 2. The Morgan fingerprint density at radius 1 is 1.30 bits per heavy atom. The maximum Gasteiger partial charge on any atom is 0.291 e. The lowest BCUT2D eigenvalue weighted by Crippen LogP contribution is -2.23. The molecule has 3 rings (SSSR count). The lowest BCUT2D eigenvalue weighted by molar-refractivity contribution is 0.415. The average Bonchev–Trinajstić information content (AvgIpc) is 2.94. The molecule has 1 aromatic heterocycles. The third-order valence-electron chi connectivity index (χ3n) is 3.16. The smallest absolute Gasteiger partial charge is 0.291 e. The average molecular weight is 270 g/mol. The number of allylic oxidation sites excluding steroid dienone is 2. The van der Waals surface area contributed by atoms with Crippen LogP contribution in [0.1, 0.15) is 5.69 Å². The molecule has 1 aliphatic rings. The molecule has 0 unspecified atom stereocenters. The van der Waals surface area contributed by atoms with Crippen molar-refractivity contribution in [2.24, 2.45) is 0 Å². The first-order chi connectivity index (χ1) is 9.78. The summed E-state index contributed by atoms with van der Waals surface area (Å²) in [5, 5.41) is 8.87. The van der Waals surface area contributed by atoms with Gasteiger partial charge in [0.05, 0.1) is 7.11 Å². The molecule has 6 nitrogen and oxygen atoms in total. The minimum Gasteiger partial charge on any atom is -0.497 e. The van der Waals surface area contributed by atoms with Gasteiger partial charge in [0.25, 0.3) is 5.56 Å². The van der Waals surface area contributed by atoms with Crippen LogP contribution in [0.5, 0.6) is 5.75 Å². The lowest BCUT2D eigenvalue weighted by atomic mass is 10.1. The molecule has 20 heavy (non-hydrogen) atoms. The number of hydrogen-bond acceptors (Lipinski definition) is 4. The second kappa shape index (κ2) is 5.08. The van der Waals surface area contributed by atoms with Crippen molar-refractivity contribution in [1.29, 1.82) is 0 Å². The van der Waals surface area contributed by atoms with E-state index in [1.54, 1.807) is 7.11 Å². The van der Waals surface area contributed by atoms with E-state index in [1.807, 2.05) is 47.5 Å². The maximum atomic E-state index is 11.6. The molecule has 0 atom stereocenters. The van der Waals surface area contributed by atoms with Crippen molar-refractivity contribution >= 4 is 11.3 Å². The highest BCUT2D eigenvalue weighted by atomic mass is 16.5. The van der Waals surface area contributed by atoms with Crippen molar-refractivity contribution in [1.82, 2.24) is 15.4 Å². The van der Waals surface area contributed by atoms with Crippen molar-refractivity contribution in [3.8, 4) is 5.75 Å². The van der Waals surface area contributed by atoms with E-state index in [0.717, 1.165) is 17.0 Å². The number of nitrogens with zero attached hydrogens (tertiary/aromatic N) is 2. The Bertz CT molecular complexity index is 709. The van der Waals surface area contributed by atoms with E-state index in [9.17, 15) is 4.79 Å². The Hall–Kier alpha value is -2.76. The van der Waals surface area contributed by atoms with E-state index in [4.69, 9.17) is 4.74 Å². The molecule has 1 aromatic carbocycles. The maximum absolute atomic E-state index is 11.6. The van der Waals surface area contributed by atoms with Crippen molar-refractivity contribution < 1.29 is 4.74 Å². The van der Waals surface area contributed by atoms with Crippen LogP contribution >= 0.6 is 0 Å².